The second-order valence-corrected chi connectivity index (χ2v) is 5.19. The molecule has 1 aromatic rings. The molecule has 0 radical (unpaired) electrons. The minimum Gasteiger partial charge on any atom is -0.394 e. The van der Waals surface area contributed by atoms with Crippen LogP contribution in [0.3, 0.4) is 0 Å². The van der Waals surface area contributed by atoms with Crippen molar-refractivity contribution in [3.05, 3.63) is 5.69 Å². The fraction of sp³-hybridized carbons (Fsp3) is 0.625. The van der Waals surface area contributed by atoms with Crippen LogP contribution in [0.2, 0.25) is 0 Å². The van der Waals surface area contributed by atoms with Gasteiger partial charge in [0.15, 0.2) is 0 Å². The van der Waals surface area contributed by atoms with E-state index < -0.39 is 10.0 Å². The molecule has 0 bridgehead atoms. The molecule has 1 rings (SSSR count). The van der Waals surface area contributed by atoms with Crippen LogP contribution in [-0.2, 0) is 16.6 Å². The first-order chi connectivity index (χ1) is 7.35. The van der Waals surface area contributed by atoms with Gasteiger partial charge in [0.1, 0.15) is 5.82 Å². The van der Waals surface area contributed by atoms with Crippen molar-refractivity contribution in [3.8, 4) is 0 Å². The maximum Gasteiger partial charge on any atom is 0.210 e. The van der Waals surface area contributed by atoms with Crippen LogP contribution in [0.25, 0.3) is 0 Å². The van der Waals surface area contributed by atoms with Crippen LogP contribution < -0.4 is 16.2 Å². The molecule has 0 unspecified atom stereocenters. The average Bonchev–Trinajstić information content (AvgIpc) is 2.43. The molecule has 16 heavy (non-hydrogen) atoms. The third-order valence-electron chi connectivity index (χ3n) is 2.15. The van der Waals surface area contributed by atoms with Gasteiger partial charge in [-0.05, 0) is 13.8 Å². The van der Waals surface area contributed by atoms with Gasteiger partial charge < -0.3 is 11.1 Å². The lowest BCUT2D eigenvalue weighted by molar-refractivity contribution is 0.598. The Bertz CT molecular complexity index is 465. The van der Waals surface area contributed by atoms with E-state index >= 15 is 0 Å². The first-order valence-corrected chi connectivity index (χ1v) is 6.64. The molecule has 0 spiro atoms. The van der Waals surface area contributed by atoms with Gasteiger partial charge in [-0.25, -0.2) is 18.2 Å². The van der Waals surface area contributed by atoms with Crippen LogP contribution in [-0.4, -0.2) is 30.5 Å². The predicted octanol–water partition coefficient (Wildman–Crippen LogP) is -0.506. The van der Waals surface area contributed by atoms with Gasteiger partial charge in [0.25, 0.3) is 0 Å². The summed E-state index contributed by atoms with van der Waals surface area (Å²) in [5.41, 5.74) is 7.06. The van der Waals surface area contributed by atoms with E-state index in [1.54, 1.807) is 11.6 Å². The first-order valence-electron chi connectivity index (χ1n) is 4.92. The van der Waals surface area contributed by atoms with E-state index in [4.69, 9.17) is 10.9 Å². The molecule has 0 saturated heterocycles. The van der Waals surface area contributed by atoms with Crippen molar-refractivity contribution in [2.24, 2.45) is 5.14 Å². The van der Waals surface area contributed by atoms with Crippen molar-refractivity contribution in [1.82, 2.24) is 9.78 Å². The lowest BCUT2D eigenvalue weighted by Gasteiger charge is -2.08. The molecule has 0 saturated carbocycles. The third-order valence-corrected chi connectivity index (χ3v) is 2.93. The Balaban J connectivity index is 2.73. The largest absolute Gasteiger partial charge is 0.394 e. The zero-order chi connectivity index (χ0) is 12.3. The van der Waals surface area contributed by atoms with E-state index in [2.05, 4.69) is 10.4 Å². The van der Waals surface area contributed by atoms with Crippen LogP contribution in [0.4, 0.5) is 11.5 Å². The fourth-order valence-corrected chi connectivity index (χ4v) is 1.71. The fourth-order valence-electron chi connectivity index (χ4n) is 1.32. The summed E-state index contributed by atoms with van der Waals surface area (Å²) >= 11 is 0. The van der Waals surface area contributed by atoms with Crippen molar-refractivity contribution in [2.45, 2.75) is 20.4 Å². The molecule has 1 heterocycles. The number of nitrogens with zero attached hydrogens (tertiary/aromatic N) is 2. The van der Waals surface area contributed by atoms with Crippen molar-refractivity contribution < 1.29 is 8.42 Å². The molecule has 0 aliphatic carbocycles. The summed E-state index contributed by atoms with van der Waals surface area (Å²) in [6, 6.07) is 0. The lowest BCUT2D eigenvalue weighted by atomic mass is 10.4. The molecule has 0 aliphatic heterocycles. The quantitative estimate of drug-likeness (QED) is 0.648. The maximum atomic E-state index is 10.8. The minimum atomic E-state index is -3.45. The van der Waals surface area contributed by atoms with Crippen LogP contribution in [0, 0.1) is 6.92 Å². The zero-order valence-corrected chi connectivity index (χ0v) is 10.2. The summed E-state index contributed by atoms with van der Waals surface area (Å²) in [5.74, 6) is 0.504. The maximum absolute atomic E-state index is 10.8. The van der Waals surface area contributed by atoms with Gasteiger partial charge in [0, 0.05) is 13.1 Å². The van der Waals surface area contributed by atoms with Crippen LogP contribution >= 0.6 is 0 Å². The number of aromatic nitrogens is 2. The number of aryl methyl sites for hydroxylation is 2. The van der Waals surface area contributed by atoms with Crippen LogP contribution in [0.15, 0.2) is 0 Å². The first kappa shape index (κ1) is 12.8. The molecule has 0 fully saturated rings. The molecule has 7 nitrogen and oxygen atoms in total. The number of nitrogens with two attached hydrogens (primary N) is 2. The Morgan fingerprint density at radius 3 is 2.62 bits per heavy atom. The monoisotopic (exact) mass is 247 g/mol. The van der Waals surface area contributed by atoms with Gasteiger partial charge >= 0.3 is 0 Å². The van der Waals surface area contributed by atoms with E-state index in [9.17, 15) is 8.42 Å². The van der Waals surface area contributed by atoms with Gasteiger partial charge in [0.05, 0.1) is 17.1 Å². The highest BCUT2D eigenvalue weighted by Gasteiger charge is 2.11. The number of nitrogen functional groups attached to an aromatic ring is 1. The molecular weight excluding hydrogens is 230 g/mol. The zero-order valence-electron chi connectivity index (χ0n) is 9.40. The van der Waals surface area contributed by atoms with Gasteiger partial charge in [-0.2, -0.15) is 5.10 Å². The summed E-state index contributed by atoms with van der Waals surface area (Å²) in [7, 11) is -3.45. The Hall–Kier alpha value is -1.28. The number of nitrogens with one attached hydrogen (secondary N) is 1. The number of primary sulfonamides is 1. The highest BCUT2D eigenvalue weighted by molar-refractivity contribution is 7.89. The summed E-state index contributed by atoms with van der Waals surface area (Å²) in [6.07, 6.45) is 0. The Kier molecular flexibility index (Phi) is 3.76. The smallest absolute Gasteiger partial charge is 0.210 e. The Labute approximate surface area is 94.9 Å². The number of hydrogen-bond donors (Lipinski definition) is 3. The molecule has 0 amide bonds. The number of anilines is 2. The summed E-state index contributed by atoms with van der Waals surface area (Å²) < 4.78 is 23.2. The van der Waals surface area contributed by atoms with Crippen LogP contribution in [0.5, 0.6) is 0 Å². The highest BCUT2D eigenvalue weighted by atomic mass is 32.2. The molecule has 5 N–H and O–H groups in total. The number of sulfonamides is 1. The van der Waals surface area contributed by atoms with Crippen LogP contribution in [0.1, 0.15) is 12.6 Å². The van der Waals surface area contributed by atoms with Gasteiger partial charge in [-0.3, -0.25) is 0 Å². The minimum absolute atomic E-state index is 0.139. The lowest BCUT2D eigenvalue weighted by Crippen LogP contribution is -2.23. The Morgan fingerprint density at radius 1 is 1.50 bits per heavy atom. The Morgan fingerprint density at radius 2 is 2.12 bits per heavy atom. The molecule has 0 aromatic carbocycles. The van der Waals surface area contributed by atoms with Crippen molar-refractivity contribution in [2.75, 3.05) is 23.3 Å². The van der Waals surface area contributed by atoms with E-state index in [1.165, 1.54) is 0 Å². The summed E-state index contributed by atoms with van der Waals surface area (Å²) in [4.78, 5) is 0. The van der Waals surface area contributed by atoms with Crippen molar-refractivity contribution in [1.29, 1.82) is 0 Å². The van der Waals surface area contributed by atoms with Gasteiger partial charge in [-0.15, -0.1) is 0 Å². The molecule has 1 aromatic heterocycles. The molecular formula is C8H17N5O2S. The van der Waals surface area contributed by atoms with E-state index in [0.717, 1.165) is 5.69 Å². The topological polar surface area (TPSA) is 116 Å². The van der Waals surface area contributed by atoms with Gasteiger partial charge in [-0.1, -0.05) is 0 Å². The van der Waals surface area contributed by atoms with E-state index in [1.807, 2.05) is 6.92 Å². The normalized spacial score (nSPS) is 11.7. The van der Waals surface area contributed by atoms with E-state index in [-0.39, 0.29) is 12.3 Å². The number of hydrogen-bond acceptors (Lipinski definition) is 5. The molecule has 8 heteroatoms. The SMILES string of the molecule is CCn1nc(C)c(N)c1NCCS(N)(=O)=O. The molecule has 92 valence electrons. The highest BCUT2D eigenvalue weighted by Crippen LogP contribution is 2.21. The molecule has 0 atom stereocenters. The average molecular weight is 247 g/mol. The van der Waals surface area contributed by atoms with E-state index in [0.29, 0.717) is 18.1 Å². The standard InChI is InChI=1S/C8H17N5O2S/c1-3-13-8(7(9)6(2)12-13)11-4-5-16(10,14)15/h11H,3-5,9H2,1-2H3,(H2,10,14,15). The summed E-state index contributed by atoms with van der Waals surface area (Å²) in [5, 5.41) is 12.0. The second kappa shape index (κ2) is 4.71. The van der Waals surface area contributed by atoms with Crippen molar-refractivity contribution in [3.63, 3.8) is 0 Å². The van der Waals surface area contributed by atoms with Gasteiger partial charge in [0.2, 0.25) is 10.0 Å². The summed E-state index contributed by atoms with van der Waals surface area (Å²) in [6.45, 7) is 4.60. The predicted molar refractivity (Wildman–Crippen MR) is 63.5 cm³/mol. The second-order valence-electron chi connectivity index (χ2n) is 3.46. The molecule has 0 aliphatic rings. The van der Waals surface area contributed by atoms with Crippen molar-refractivity contribution >= 4 is 21.5 Å². The number of rotatable bonds is 5. The third kappa shape index (κ3) is 3.11.